The molecule has 1 aromatic carbocycles. The molecule has 0 aliphatic heterocycles. The number of anilines is 1. The first kappa shape index (κ1) is 14.7. The fourth-order valence-electron chi connectivity index (χ4n) is 1.14. The molecule has 0 aliphatic carbocycles. The van der Waals surface area contributed by atoms with Crippen LogP contribution in [0.2, 0.25) is 10.0 Å². The van der Waals surface area contributed by atoms with Gasteiger partial charge in [0.15, 0.2) is 0 Å². The summed E-state index contributed by atoms with van der Waals surface area (Å²) in [4.78, 5) is 11.1. The Bertz CT molecular complexity index is 552. The van der Waals surface area contributed by atoms with E-state index in [1.54, 1.807) is 30.5 Å². The third-order valence-electron chi connectivity index (χ3n) is 1.97. The molecule has 0 bridgehead atoms. The second-order valence-electron chi connectivity index (χ2n) is 3.14. The zero-order valence-corrected chi connectivity index (χ0v) is 11.7. The molecule has 0 saturated heterocycles. The lowest BCUT2D eigenvalue weighted by atomic mass is 10.3. The minimum Gasteiger partial charge on any atom is -0.365 e. The topological polar surface area (TPSA) is 78.9 Å². The van der Waals surface area contributed by atoms with Gasteiger partial charge >= 0.3 is 0 Å². The largest absolute Gasteiger partial charge is 0.365 e. The van der Waals surface area contributed by atoms with Gasteiger partial charge in [-0.1, -0.05) is 23.2 Å². The number of carbonyl (C=O) groups excluding carboxylic acids is 1. The number of nitriles is 1. The van der Waals surface area contributed by atoms with E-state index in [1.807, 2.05) is 0 Å². The summed E-state index contributed by atoms with van der Waals surface area (Å²) in [5.74, 6) is -0.783. The highest BCUT2D eigenvalue weighted by Gasteiger charge is 2.12. The number of nitrogens with two attached hydrogens (primary N) is 1. The number of hydrogen-bond acceptors (Lipinski definition) is 4. The van der Waals surface area contributed by atoms with E-state index in [2.05, 4.69) is 5.32 Å². The molecule has 4 nitrogen and oxygen atoms in total. The molecule has 0 aliphatic rings. The third kappa shape index (κ3) is 3.57. The average Bonchev–Trinajstić information content (AvgIpc) is 2.33. The van der Waals surface area contributed by atoms with E-state index in [9.17, 15) is 4.79 Å². The molecule has 18 heavy (non-hydrogen) atoms. The van der Waals surface area contributed by atoms with Crippen molar-refractivity contribution in [2.75, 3.05) is 11.6 Å². The predicted molar refractivity (Wildman–Crippen MR) is 75.4 cm³/mol. The van der Waals surface area contributed by atoms with Crippen molar-refractivity contribution in [3.63, 3.8) is 0 Å². The van der Waals surface area contributed by atoms with Crippen LogP contribution in [-0.4, -0.2) is 12.2 Å². The van der Waals surface area contributed by atoms with Crippen molar-refractivity contribution in [3.8, 4) is 6.07 Å². The molecule has 0 aromatic heterocycles. The summed E-state index contributed by atoms with van der Waals surface area (Å²) in [5, 5.41) is 12.9. The smallest absolute Gasteiger partial charge is 0.262 e. The van der Waals surface area contributed by atoms with Crippen LogP contribution in [0.4, 0.5) is 5.69 Å². The molecule has 7 heteroatoms. The van der Waals surface area contributed by atoms with Crippen molar-refractivity contribution in [1.82, 2.24) is 0 Å². The molecule has 1 aromatic rings. The standard InChI is InChI=1S/C11H9Cl2N3OS/c1-18-11(7(5-14)10(15)17)16-6-2-3-8(12)9(13)4-6/h2-4,16H,1H3,(H2,15,17)/b11-7+. The van der Waals surface area contributed by atoms with Gasteiger partial charge in [0.05, 0.1) is 15.1 Å². The van der Waals surface area contributed by atoms with Gasteiger partial charge in [0.2, 0.25) is 0 Å². The van der Waals surface area contributed by atoms with Crippen LogP contribution < -0.4 is 11.1 Å². The SMILES string of the molecule is CS/C(Nc1ccc(Cl)c(Cl)c1)=C(\C#N)C(N)=O. The van der Waals surface area contributed by atoms with Gasteiger partial charge in [-0.15, -0.1) is 11.8 Å². The molecular weight excluding hydrogens is 293 g/mol. The fraction of sp³-hybridized carbons (Fsp3) is 0.0909. The Labute approximate surface area is 119 Å². The van der Waals surface area contributed by atoms with Gasteiger partial charge in [-0.05, 0) is 24.5 Å². The lowest BCUT2D eigenvalue weighted by Gasteiger charge is -2.10. The molecule has 1 rings (SSSR count). The second-order valence-corrected chi connectivity index (χ2v) is 4.77. The maximum absolute atomic E-state index is 11.1. The number of carbonyl (C=O) groups is 1. The van der Waals surface area contributed by atoms with Gasteiger partial charge in [-0.2, -0.15) is 5.26 Å². The maximum Gasteiger partial charge on any atom is 0.262 e. The molecule has 0 unspecified atom stereocenters. The van der Waals surface area contributed by atoms with Crippen molar-refractivity contribution in [2.24, 2.45) is 5.73 Å². The number of rotatable bonds is 4. The molecular formula is C11H9Cl2N3OS. The normalized spacial score (nSPS) is 11.4. The van der Waals surface area contributed by atoms with Crippen molar-refractivity contribution in [3.05, 3.63) is 38.8 Å². The Kier molecular flexibility index (Phi) is 5.35. The number of benzene rings is 1. The number of thioether (sulfide) groups is 1. The summed E-state index contributed by atoms with van der Waals surface area (Å²) in [6, 6.07) is 6.65. The van der Waals surface area contributed by atoms with Gasteiger partial charge in [-0.25, -0.2) is 0 Å². The van der Waals surface area contributed by atoms with Gasteiger partial charge in [0.1, 0.15) is 11.6 Å². The maximum atomic E-state index is 11.1. The number of amides is 1. The van der Waals surface area contributed by atoms with Crippen LogP contribution in [-0.2, 0) is 4.79 Å². The fourth-order valence-corrected chi connectivity index (χ4v) is 2.01. The first-order chi connectivity index (χ1) is 8.49. The molecule has 0 radical (unpaired) electrons. The minimum atomic E-state index is -0.783. The Morgan fingerprint density at radius 2 is 2.11 bits per heavy atom. The second kappa shape index (κ2) is 6.55. The van der Waals surface area contributed by atoms with Crippen LogP contribution in [0.25, 0.3) is 0 Å². The van der Waals surface area contributed by atoms with Crippen molar-refractivity contribution >= 4 is 46.6 Å². The minimum absolute atomic E-state index is 0.131. The van der Waals surface area contributed by atoms with Crippen molar-refractivity contribution < 1.29 is 4.79 Å². The summed E-state index contributed by atoms with van der Waals surface area (Å²) in [6.45, 7) is 0. The first-order valence-electron chi connectivity index (χ1n) is 4.69. The quantitative estimate of drug-likeness (QED) is 0.662. The third-order valence-corrected chi connectivity index (χ3v) is 3.42. The molecule has 0 heterocycles. The summed E-state index contributed by atoms with van der Waals surface area (Å²) in [6.07, 6.45) is 1.72. The highest BCUT2D eigenvalue weighted by atomic mass is 35.5. The van der Waals surface area contributed by atoms with Crippen LogP contribution in [0.1, 0.15) is 0 Å². The van der Waals surface area contributed by atoms with Crippen LogP contribution in [0.3, 0.4) is 0 Å². The molecule has 3 N–H and O–H groups in total. The summed E-state index contributed by atoms with van der Waals surface area (Å²) in [7, 11) is 0. The van der Waals surface area contributed by atoms with Crippen LogP contribution in [0.5, 0.6) is 0 Å². The van der Waals surface area contributed by atoms with Gasteiger partial charge in [0.25, 0.3) is 5.91 Å². The number of halogens is 2. The zero-order valence-electron chi connectivity index (χ0n) is 9.33. The van der Waals surface area contributed by atoms with Gasteiger partial charge < -0.3 is 11.1 Å². The van der Waals surface area contributed by atoms with E-state index in [4.69, 9.17) is 34.2 Å². The highest BCUT2D eigenvalue weighted by Crippen LogP contribution is 2.27. The van der Waals surface area contributed by atoms with Crippen LogP contribution in [0.15, 0.2) is 28.8 Å². The van der Waals surface area contributed by atoms with Crippen molar-refractivity contribution in [1.29, 1.82) is 5.26 Å². The summed E-state index contributed by atoms with van der Waals surface area (Å²) >= 11 is 12.9. The molecule has 0 spiro atoms. The van der Waals surface area contributed by atoms with Gasteiger partial charge in [0, 0.05) is 5.69 Å². The zero-order chi connectivity index (χ0) is 13.7. The van der Waals surface area contributed by atoms with E-state index in [0.29, 0.717) is 20.8 Å². The van der Waals surface area contributed by atoms with E-state index in [0.717, 1.165) is 0 Å². The van der Waals surface area contributed by atoms with Gasteiger partial charge in [-0.3, -0.25) is 4.79 Å². The van der Waals surface area contributed by atoms with Crippen LogP contribution >= 0.6 is 35.0 Å². The molecule has 94 valence electrons. The lowest BCUT2D eigenvalue weighted by molar-refractivity contribution is -0.114. The number of nitrogens with zero attached hydrogens (tertiary/aromatic N) is 1. The average molecular weight is 302 g/mol. The van der Waals surface area contributed by atoms with E-state index in [1.165, 1.54) is 11.8 Å². The summed E-state index contributed by atoms with van der Waals surface area (Å²) in [5.41, 5.74) is 5.59. The predicted octanol–water partition coefficient (Wildman–Crippen LogP) is 2.99. The Hall–Kier alpha value is -1.35. The van der Waals surface area contributed by atoms with E-state index >= 15 is 0 Å². The Balaban J connectivity index is 3.10. The van der Waals surface area contributed by atoms with Crippen molar-refractivity contribution in [2.45, 2.75) is 0 Å². The highest BCUT2D eigenvalue weighted by molar-refractivity contribution is 8.02. The molecule has 1 amide bonds. The monoisotopic (exact) mass is 301 g/mol. The molecule has 0 atom stereocenters. The first-order valence-corrected chi connectivity index (χ1v) is 6.68. The van der Waals surface area contributed by atoms with E-state index in [-0.39, 0.29) is 5.57 Å². The number of primary amides is 1. The molecule has 0 fully saturated rings. The summed E-state index contributed by atoms with van der Waals surface area (Å²) < 4.78 is 0. The number of hydrogen-bond donors (Lipinski definition) is 2. The van der Waals surface area contributed by atoms with Crippen LogP contribution in [0, 0.1) is 11.3 Å². The Morgan fingerprint density at radius 1 is 1.44 bits per heavy atom. The lowest BCUT2D eigenvalue weighted by Crippen LogP contribution is -2.16. The molecule has 0 saturated carbocycles. The number of nitrogens with one attached hydrogen (secondary N) is 1. The van der Waals surface area contributed by atoms with E-state index < -0.39 is 5.91 Å². The Morgan fingerprint density at radius 3 is 2.56 bits per heavy atom.